The lowest BCUT2D eigenvalue weighted by Crippen LogP contribution is -2.52. The minimum absolute atomic E-state index is 0. The zero-order valence-electron chi connectivity index (χ0n) is 18.0. The van der Waals surface area contributed by atoms with E-state index in [9.17, 15) is 4.79 Å². The van der Waals surface area contributed by atoms with E-state index in [0.29, 0.717) is 0 Å². The van der Waals surface area contributed by atoms with Crippen LogP contribution in [0.15, 0.2) is 66.7 Å². The number of nitrogens with one attached hydrogen (secondary N) is 1. The smallest absolute Gasteiger partial charge is 0.310 e. The number of piperidine rings is 1. The van der Waals surface area contributed by atoms with Crippen molar-refractivity contribution < 1.29 is 4.79 Å². The quantitative estimate of drug-likeness (QED) is 0.607. The molecule has 5 heteroatoms. The van der Waals surface area contributed by atoms with Gasteiger partial charge < -0.3 is 15.1 Å². The van der Waals surface area contributed by atoms with Crippen molar-refractivity contribution in [2.75, 3.05) is 25.0 Å². The molecule has 3 aliphatic rings. The Morgan fingerprint density at radius 2 is 1.65 bits per heavy atom. The Morgan fingerprint density at radius 1 is 0.903 bits per heavy atom. The highest BCUT2D eigenvalue weighted by atomic mass is 35.5. The van der Waals surface area contributed by atoms with Gasteiger partial charge in [-0.25, -0.2) is 4.79 Å². The molecule has 2 aromatic carbocycles. The zero-order chi connectivity index (χ0) is 20.3. The van der Waals surface area contributed by atoms with Gasteiger partial charge >= 0.3 is 6.03 Å². The number of carbonyl (C=O) groups excluding carboxylic acids is 1. The third-order valence-corrected chi connectivity index (χ3v) is 6.97. The number of urea groups is 1. The van der Waals surface area contributed by atoms with Crippen molar-refractivity contribution >= 4 is 24.1 Å². The Hall–Kier alpha value is -2.30. The normalized spacial score (nSPS) is 24.3. The highest BCUT2D eigenvalue weighted by Crippen LogP contribution is 2.40. The van der Waals surface area contributed by atoms with E-state index in [1.807, 2.05) is 18.2 Å². The molecule has 1 fully saturated rings. The van der Waals surface area contributed by atoms with Crippen LogP contribution in [0.4, 0.5) is 10.5 Å². The average molecular weight is 438 g/mol. The molecule has 0 aromatic heterocycles. The first-order valence-electron chi connectivity index (χ1n) is 11.4. The van der Waals surface area contributed by atoms with E-state index in [2.05, 4.69) is 63.7 Å². The predicted molar refractivity (Wildman–Crippen MR) is 129 cm³/mol. The average Bonchev–Trinajstić information content (AvgIpc) is 2.80. The Labute approximate surface area is 191 Å². The van der Waals surface area contributed by atoms with Crippen LogP contribution in [0.1, 0.15) is 49.3 Å². The Bertz CT molecular complexity index is 908. The standard InChI is InChI=1S/C26H31N3O.ClH/c30-26-27-24-14-8-7-13-23(24)25(21-11-5-2-6-12-21)29(26)22-15-17-28(18-16-22)19-20-9-3-1-4-10-20;/h1-3,5-8,11-14,20,22,25H,4,9-10,15-19H2,(H,27,30);1H. The number of hydrogen-bond acceptors (Lipinski definition) is 2. The van der Waals surface area contributed by atoms with E-state index in [4.69, 9.17) is 0 Å². The molecule has 2 atom stereocenters. The van der Waals surface area contributed by atoms with E-state index < -0.39 is 0 Å². The van der Waals surface area contributed by atoms with Crippen LogP contribution in [-0.2, 0) is 0 Å². The number of hydrogen-bond donors (Lipinski definition) is 1. The molecule has 5 rings (SSSR count). The fourth-order valence-corrected chi connectivity index (χ4v) is 5.42. The van der Waals surface area contributed by atoms with Gasteiger partial charge in [-0.05, 0) is 49.7 Å². The first-order valence-corrected chi connectivity index (χ1v) is 11.4. The van der Waals surface area contributed by atoms with E-state index in [1.54, 1.807) is 0 Å². The number of fused-ring (bicyclic) bond motifs is 1. The molecule has 1 aliphatic carbocycles. The summed E-state index contributed by atoms with van der Waals surface area (Å²) in [4.78, 5) is 18.0. The first kappa shape index (κ1) is 21.9. The Kier molecular flexibility index (Phi) is 6.99. The van der Waals surface area contributed by atoms with Gasteiger partial charge in [0, 0.05) is 36.9 Å². The SMILES string of the molecule is Cl.O=C1Nc2ccccc2C(c2ccccc2)N1C1CCN(CC2CC=CCC2)CC1. The maximum Gasteiger partial charge on any atom is 0.322 e. The van der Waals surface area contributed by atoms with Crippen molar-refractivity contribution in [1.29, 1.82) is 0 Å². The number of carbonyl (C=O) groups is 1. The van der Waals surface area contributed by atoms with Crippen molar-refractivity contribution in [3.63, 3.8) is 0 Å². The second-order valence-electron chi connectivity index (χ2n) is 8.92. The molecule has 1 saturated heterocycles. The van der Waals surface area contributed by atoms with Crippen LogP contribution in [0.25, 0.3) is 0 Å². The summed E-state index contributed by atoms with van der Waals surface area (Å²) in [7, 11) is 0. The third-order valence-electron chi connectivity index (χ3n) is 6.97. The molecule has 2 unspecified atom stereocenters. The van der Waals surface area contributed by atoms with Crippen LogP contribution < -0.4 is 5.32 Å². The number of benzene rings is 2. The van der Waals surface area contributed by atoms with Gasteiger partial charge in [-0.2, -0.15) is 0 Å². The van der Waals surface area contributed by atoms with Crippen LogP contribution in [0.5, 0.6) is 0 Å². The second kappa shape index (κ2) is 9.88. The number of para-hydroxylation sites is 1. The van der Waals surface area contributed by atoms with E-state index in [-0.39, 0.29) is 30.5 Å². The second-order valence-corrected chi connectivity index (χ2v) is 8.92. The highest BCUT2D eigenvalue weighted by Gasteiger charge is 2.39. The monoisotopic (exact) mass is 437 g/mol. The van der Waals surface area contributed by atoms with Crippen molar-refractivity contribution in [2.45, 2.75) is 44.2 Å². The molecule has 2 aromatic rings. The topological polar surface area (TPSA) is 35.6 Å². The molecular weight excluding hydrogens is 406 g/mol. The number of halogens is 1. The summed E-state index contributed by atoms with van der Waals surface area (Å²) in [6.07, 6.45) is 10.5. The van der Waals surface area contributed by atoms with Gasteiger partial charge in [-0.3, -0.25) is 0 Å². The summed E-state index contributed by atoms with van der Waals surface area (Å²) in [6, 6.07) is 19.0. The maximum absolute atomic E-state index is 13.2. The van der Waals surface area contributed by atoms with Crippen LogP contribution in [-0.4, -0.2) is 41.5 Å². The van der Waals surface area contributed by atoms with Gasteiger partial charge in [0.15, 0.2) is 0 Å². The summed E-state index contributed by atoms with van der Waals surface area (Å²) >= 11 is 0. The largest absolute Gasteiger partial charge is 0.322 e. The molecule has 31 heavy (non-hydrogen) atoms. The Balaban J connectivity index is 0.00000231. The van der Waals surface area contributed by atoms with Crippen LogP contribution in [0.3, 0.4) is 0 Å². The molecule has 1 N–H and O–H groups in total. The van der Waals surface area contributed by atoms with Gasteiger partial charge in [0.2, 0.25) is 0 Å². The predicted octanol–water partition coefficient (Wildman–Crippen LogP) is 5.87. The van der Waals surface area contributed by atoms with Gasteiger partial charge in [0.25, 0.3) is 0 Å². The van der Waals surface area contributed by atoms with Gasteiger partial charge in [-0.15, -0.1) is 12.4 Å². The molecule has 164 valence electrons. The van der Waals surface area contributed by atoms with Gasteiger partial charge in [0.1, 0.15) is 0 Å². The molecule has 0 bridgehead atoms. The maximum atomic E-state index is 13.2. The molecular formula is C26H32ClN3O. The van der Waals surface area contributed by atoms with Gasteiger partial charge in [-0.1, -0.05) is 60.7 Å². The summed E-state index contributed by atoms with van der Waals surface area (Å²) in [5.41, 5.74) is 3.33. The first-order chi connectivity index (χ1) is 14.8. The molecule has 2 heterocycles. The number of nitrogens with zero attached hydrogens (tertiary/aromatic N) is 2. The van der Waals surface area contributed by atoms with Crippen LogP contribution in [0, 0.1) is 5.92 Å². The highest BCUT2D eigenvalue weighted by molar-refractivity contribution is 5.93. The van der Waals surface area contributed by atoms with E-state index in [0.717, 1.165) is 37.5 Å². The zero-order valence-corrected chi connectivity index (χ0v) is 18.8. The molecule has 4 nitrogen and oxygen atoms in total. The van der Waals surface area contributed by atoms with Gasteiger partial charge in [0.05, 0.1) is 6.04 Å². The lowest BCUT2D eigenvalue weighted by molar-refractivity contribution is 0.0995. The Morgan fingerprint density at radius 3 is 2.39 bits per heavy atom. The van der Waals surface area contributed by atoms with Crippen molar-refractivity contribution in [3.8, 4) is 0 Å². The molecule has 0 spiro atoms. The number of rotatable bonds is 4. The van der Waals surface area contributed by atoms with E-state index in [1.165, 1.54) is 36.9 Å². The molecule has 2 aliphatic heterocycles. The van der Waals surface area contributed by atoms with Crippen molar-refractivity contribution in [1.82, 2.24) is 9.80 Å². The van der Waals surface area contributed by atoms with Crippen molar-refractivity contribution in [3.05, 3.63) is 77.9 Å². The number of likely N-dealkylation sites (tertiary alicyclic amines) is 1. The third kappa shape index (κ3) is 4.65. The van der Waals surface area contributed by atoms with Crippen molar-refractivity contribution in [2.24, 2.45) is 5.92 Å². The van der Waals surface area contributed by atoms with Crippen LogP contribution in [0.2, 0.25) is 0 Å². The lowest BCUT2D eigenvalue weighted by atomic mass is 9.90. The summed E-state index contributed by atoms with van der Waals surface area (Å²) in [5, 5.41) is 3.15. The fourth-order valence-electron chi connectivity index (χ4n) is 5.42. The molecule has 0 radical (unpaired) electrons. The molecule has 2 amide bonds. The minimum Gasteiger partial charge on any atom is -0.310 e. The lowest BCUT2D eigenvalue weighted by Gasteiger charge is -2.45. The fraction of sp³-hybridized carbons (Fsp3) is 0.423. The summed E-state index contributed by atoms with van der Waals surface area (Å²) in [6.45, 7) is 3.36. The summed E-state index contributed by atoms with van der Waals surface area (Å²) < 4.78 is 0. The van der Waals surface area contributed by atoms with Crippen LogP contribution >= 0.6 is 12.4 Å². The van der Waals surface area contributed by atoms with E-state index >= 15 is 0 Å². The summed E-state index contributed by atoms with van der Waals surface area (Å²) in [5.74, 6) is 0.800. The minimum atomic E-state index is -0.0174. The molecule has 0 saturated carbocycles. The number of allylic oxidation sites excluding steroid dienone is 2. The number of amides is 2. The number of anilines is 1.